The highest BCUT2D eigenvalue weighted by atomic mass is 16.4. The summed E-state index contributed by atoms with van der Waals surface area (Å²) >= 11 is 0. The van der Waals surface area contributed by atoms with Gasteiger partial charge < -0.3 is 5.11 Å². The fourth-order valence-electron chi connectivity index (χ4n) is 2.16. The summed E-state index contributed by atoms with van der Waals surface area (Å²) in [7, 11) is 0. The van der Waals surface area contributed by atoms with E-state index >= 15 is 0 Å². The lowest BCUT2D eigenvalue weighted by Crippen LogP contribution is -2.31. The lowest BCUT2D eigenvalue weighted by atomic mass is 10.1. The second kappa shape index (κ2) is 5.03. The summed E-state index contributed by atoms with van der Waals surface area (Å²) in [6, 6.07) is 2.03. The van der Waals surface area contributed by atoms with E-state index in [2.05, 4.69) is 14.9 Å². The highest BCUT2D eigenvalue weighted by molar-refractivity contribution is 5.67. The third-order valence-electron chi connectivity index (χ3n) is 2.92. The van der Waals surface area contributed by atoms with Gasteiger partial charge in [-0.15, -0.1) is 0 Å². The average Bonchev–Trinajstić information content (AvgIpc) is 2.66. The molecule has 1 unspecified atom stereocenters. The van der Waals surface area contributed by atoms with Crippen molar-refractivity contribution >= 4 is 5.97 Å². The molecule has 0 aliphatic carbocycles. The fourth-order valence-corrected chi connectivity index (χ4v) is 2.16. The Labute approximate surface area is 94.1 Å². The predicted octanol–water partition coefficient (Wildman–Crippen LogP) is 0.916. The van der Waals surface area contributed by atoms with Gasteiger partial charge in [-0.05, 0) is 25.5 Å². The molecule has 1 fully saturated rings. The van der Waals surface area contributed by atoms with E-state index in [0.29, 0.717) is 0 Å². The third kappa shape index (κ3) is 2.76. The van der Waals surface area contributed by atoms with Crippen molar-refractivity contribution in [2.24, 2.45) is 0 Å². The van der Waals surface area contributed by atoms with Crippen LogP contribution in [0.15, 0.2) is 18.6 Å². The highest BCUT2D eigenvalue weighted by Gasteiger charge is 2.26. The van der Waals surface area contributed by atoms with Crippen molar-refractivity contribution in [1.82, 2.24) is 14.9 Å². The Morgan fingerprint density at radius 2 is 2.50 bits per heavy atom. The Kier molecular flexibility index (Phi) is 3.46. The van der Waals surface area contributed by atoms with Crippen molar-refractivity contribution in [1.29, 1.82) is 0 Å². The first-order chi connectivity index (χ1) is 7.75. The summed E-state index contributed by atoms with van der Waals surface area (Å²) in [5.74, 6) is -0.723. The van der Waals surface area contributed by atoms with Gasteiger partial charge in [0.25, 0.3) is 0 Å². The molecule has 1 atom stereocenters. The first-order valence-corrected chi connectivity index (χ1v) is 5.46. The molecular formula is C11H15N3O2. The van der Waals surface area contributed by atoms with Gasteiger partial charge in [0.2, 0.25) is 0 Å². The van der Waals surface area contributed by atoms with Gasteiger partial charge in [-0.3, -0.25) is 9.69 Å². The van der Waals surface area contributed by atoms with Crippen LogP contribution in [0.25, 0.3) is 0 Å². The Morgan fingerprint density at radius 1 is 1.62 bits per heavy atom. The number of carbonyl (C=O) groups is 1. The van der Waals surface area contributed by atoms with E-state index in [9.17, 15) is 4.79 Å². The van der Waals surface area contributed by atoms with E-state index in [4.69, 9.17) is 5.11 Å². The Bertz CT molecular complexity index is 356. The number of hydrogen-bond acceptors (Lipinski definition) is 4. The van der Waals surface area contributed by atoms with E-state index in [1.165, 1.54) is 6.33 Å². The topological polar surface area (TPSA) is 66.3 Å². The molecule has 2 rings (SSSR count). The van der Waals surface area contributed by atoms with Crippen molar-refractivity contribution in [3.63, 3.8) is 0 Å². The first-order valence-electron chi connectivity index (χ1n) is 5.46. The molecule has 1 aliphatic rings. The number of carboxylic acids is 1. The third-order valence-corrected chi connectivity index (χ3v) is 2.92. The van der Waals surface area contributed by atoms with E-state index in [1.807, 2.05) is 6.07 Å². The maximum Gasteiger partial charge on any atom is 0.304 e. The summed E-state index contributed by atoms with van der Waals surface area (Å²) in [6.45, 7) is 1.68. The minimum absolute atomic E-state index is 0.160. The molecule has 86 valence electrons. The monoisotopic (exact) mass is 221 g/mol. The highest BCUT2D eigenvalue weighted by Crippen LogP contribution is 2.21. The average molecular weight is 221 g/mol. The molecule has 2 heterocycles. The second-order valence-corrected chi connectivity index (χ2v) is 4.07. The van der Waals surface area contributed by atoms with Gasteiger partial charge in [-0.1, -0.05) is 0 Å². The zero-order valence-corrected chi connectivity index (χ0v) is 9.04. The molecule has 1 saturated heterocycles. The summed E-state index contributed by atoms with van der Waals surface area (Å²) in [6.07, 6.45) is 5.51. The van der Waals surface area contributed by atoms with Gasteiger partial charge in [-0.25, -0.2) is 9.97 Å². The molecule has 0 spiro atoms. The van der Waals surface area contributed by atoms with Crippen LogP contribution >= 0.6 is 0 Å². The summed E-state index contributed by atoms with van der Waals surface area (Å²) in [5, 5.41) is 8.81. The molecule has 0 bridgehead atoms. The van der Waals surface area contributed by atoms with E-state index in [1.54, 1.807) is 6.20 Å². The maximum atomic E-state index is 10.7. The summed E-state index contributed by atoms with van der Waals surface area (Å²) < 4.78 is 0. The zero-order valence-electron chi connectivity index (χ0n) is 9.04. The van der Waals surface area contributed by atoms with Crippen molar-refractivity contribution in [2.45, 2.75) is 31.8 Å². The molecule has 1 aromatic rings. The number of nitrogens with zero attached hydrogens (tertiary/aromatic N) is 3. The minimum Gasteiger partial charge on any atom is -0.481 e. The van der Waals surface area contributed by atoms with Gasteiger partial charge in [0.05, 0.1) is 12.1 Å². The van der Waals surface area contributed by atoms with Crippen LogP contribution < -0.4 is 0 Å². The lowest BCUT2D eigenvalue weighted by Gasteiger charge is -2.22. The SMILES string of the molecule is O=C(O)CC1CCCN1Cc1ccncn1. The predicted molar refractivity (Wildman–Crippen MR) is 57.7 cm³/mol. The number of aliphatic carboxylic acids is 1. The van der Waals surface area contributed by atoms with E-state index in [-0.39, 0.29) is 12.5 Å². The maximum absolute atomic E-state index is 10.7. The van der Waals surface area contributed by atoms with Crippen LogP contribution in [0.1, 0.15) is 25.0 Å². The van der Waals surface area contributed by atoms with Crippen LogP contribution in [0.2, 0.25) is 0 Å². The first kappa shape index (κ1) is 11.0. The number of rotatable bonds is 4. The van der Waals surface area contributed by atoms with Gasteiger partial charge >= 0.3 is 5.97 Å². The Morgan fingerprint density at radius 3 is 3.19 bits per heavy atom. The number of aromatic nitrogens is 2. The largest absolute Gasteiger partial charge is 0.481 e. The van der Waals surface area contributed by atoms with E-state index < -0.39 is 5.97 Å². The van der Waals surface area contributed by atoms with Crippen LogP contribution in [0.5, 0.6) is 0 Å². The lowest BCUT2D eigenvalue weighted by molar-refractivity contribution is -0.138. The molecule has 16 heavy (non-hydrogen) atoms. The van der Waals surface area contributed by atoms with Gasteiger partial charge in [0.1, 0.15) is 6.33 Å². The van der Waals surface area contributed by atoms with E-state index in [0.717, 1.165) is 31.6 Å². The minimum atomic E-state index is -0.723. The summed E-state index contributed by atoms with van der Waals surface area (Å²) in [4.78, 5) is 20.9. The molecule has 0 aromatic carbocycles. The number of carboxylic acid groups (broad SMARTS) is 1. The Hall–Kier alpha value is -1.49. The molecule has 1 N–H and O–H groups in total. The van der Waals surface area contributed by atoms with Crippen LogP contribution in [0, 0.1) is 0 Å². The smallest absolute Gasteiger partial charge is 0.304 e. The van der Waals surface area contributed by atoms with Gasteiger partial charge in [0.15, 0.2) is 0 Å². The molecule has 0 radical (unpaired) electrons. The molecule has 5 nitrogen and oxygen atoms in total. The second-order valence-electron chi connectivity index (χ2n) is 4.07. The number of likely N-dealkylation sites (tertiary alicyclic amines) is 1. The van der Waals surface area contributed by atoms with Gasteiger partial charge in [0, 0.05) is 18.8 Å². The van der Waals surface area contributed by atoms with Crippen molar-refractivity contribution < 1.29 is 9.90 Å². The van der Waals surface area contributed by atoms with Crippen LogP contribution in [0.3, 0.4) is 0 Å². The van der Waals surface area contributed by atoms with Crippen molar-refractivity contribution in [3.8, 4) is 0 Å². The normalized spacial score (nSPS) is 21.1. The fraction of sp³-hybridized carbons (Fsp3) is 0.545. The molecular weight excluding hydrogens is 206 g/mol. The van der Waals surface area contributed by atoms with Crippen LogP contribution in [-0.2, 0) is 11.3 Å². The molecule has 0 saturated carbocycles. The molecule has 0 amide bonds. The number of hydrogen-bond donors (Lipinski definition) is 1. The van der Waals surface area contributed by atoms with Crippen LogP contribution in [-0.4, -0.2) is 38.5 Å². The van der Waals surface area contributed by atoms with Gasteiger partial charge in [-0.2, -0.15) is 0 Å². The zero-order chi connectivity index (χ0) is 11.4. The quantitative estimate of drug-likeness (QED) is 0.818. The van der Waals surface area contributed by atoms with Crippen molar-refractivity contribution in [3.05, 3.63) is 24.3 Å². The standard InChI is InChI=1S/C11H15N3O2/c15-11(16)6-10-2-1-5-14(10)7-9-3-4-12-8-13-9/h3-4,8,10H,1-2,5-7H2,(H,15,16). The molecule has 1 aliphatic heterocycles. The van der Waals surface area contributed by atoms with Crippen molar-refractivity contribution in [2.75, 3.05) is 6.54 Å². The molecule has 5 heteroatoms. The summed E-state index contributed by atoms with van der Waals surface area (Å²) in [5.41, 5.74) is 0.951. The van der Waals surface area contributed by atoms with Crippen LogP contribution in [0.4, 0.5) is 0 Å². The molecule has 1 aromatic heterocycles. The Balaban J connectivity index is 1.96.